The third-order valence-corrected chi connectivity index (χ3v) is 7.58. The summed E-state index contributed by atoms with van der Waals surface area (Å²) in [5.74, 6) is 0.678. The van der Waals surface area contributed by atoms with Crippen LogP contribution in [-0.2, 0) is 24.8 Å². The lowest BCUT2D eigenvalue weighted by Gasteiger charge is -2.31. The summed E-state index contributed by atoms with van der Waals surface area (Å²) in [7, 11) is 3.30. The molecule has 12 nitrogen and oxygen atoms in total. The molecule has 1 N–H and O–H groups in total. The van der Waals surface area contributed by atoms with Crippen LogP contribution in [0, 0.1) is 5.82 Å². The number of pyridine rings is 1. The molecule has 236 valence electrons. The molecule has 0 saturated heterocycles. The third-order valence-electron chi connectivity index (χ3n) is 7.58. The Labute approximate surface area is 256 Å². The van der Waals surface area contributed by atoms with Gasteiger partial charge in [-0.05, 0) is 39.0 Å². The first-order valence-electron chi connectivity index (χ1n) is 14.4. The van der Waals surface area contributed by atoms with Gasteiger partial charge < -0.3 is 33.3 Å². The molecule has 1 aliphatic rings. The molecule has 1 atom stereocenters. The van der Waals surface area contributed by atoms with Crippen LogP contribution in [0.25, 0.3) is 33.6 Å². The van der Waals surface area contributed by atoms with Crippen LogP contribution in [0.3, 0.4) is 0 Å². The standard InChI is InChI=1S/C31H33F2N7O5/c1-31(2,3)44-30(42)35-19(14-32)15-39-9-7-22-21(29(39)41)13-23-27(36-22)38(4)28(37-23)24-11-17-10-18(33)12-25(43-5)26(17)40(24)16-20-6-8-34-45-20/h6,8,10-13,19H,7,9,14-16H2,1-5H3,(H,35,42)/t19-/m1/s1. The minimum absolute atomic E-state index is 0.0281. The van der Waals surface area contributed by atoms with Gasteiger partial charge in [-0.2, -0.15) is 0 Å². The molecule has 5 aromatic rings. The summed E-state index contributed by atoms with van der Waals surface area (Å²) >= 11 is 0. The first-order valence-corrected chi connectivity index (χ1v) is 14.4. The molecule has 0 fully saturated rings. The van der Waals surface area contributed by atoms with Crippen molar-refractivity contribution >= 4 is 34.1 Å². The maximum atomic E-state index is 14.5. The first kappa shape index (κ1) is 30.0. The summed E-state index contributed by atoms with van der Waals surface area (Å²) in [6.45, 7) is 4.82. The van der Waals surface area contributed by atoms with Crippen molar-refractivity contribution in [1.29, 1.82) is 0 Å². The van der Waals surface area contributed by atoms with Crippen LogP contribution in [0.1, 0.15) is 42.6 Å². The summed E-state index contributed by atoms with van der Waals surface area (Å²) in [5, 5.41) is 6.92. The quantitative estimate of drug-likeness (QED) is 0.266. The second kappa shape index (κ2) is 11.5. The molecule has 0 bridgehead atoms. The van der Waals surface area contributed by atoms with Crippen LogP contribution >= 0.6 is 0 Å². The van der Waals surface area contributed by atoms with Crippen molar-refractivity contribution in [3.05, 3.63) is 59.4 Å². The van der Waals surface area contributed by atoms with Gasteiger partial charge in [-0.25, -0.2) is 23.5 Å². The van der Waals surface area contributed by atoms with Crippen LogP contribution < -0.4 is 10.1 Å². The predicted molar refractivity (Wildman–Crippen MR) is 160 cm³/mol. The SMILES string of the molecule is COc1cc(F)cc2cc(-c3nc4cc5c(nc4n3C)CCN(C[C@@H](CF)NC(=O)OC(C)(C)C)C5=O)n(Cc3ccno3)c12. The Morgan fingerprint density at radius 3 is 2.69 bits per heavy atom. The van der Waals surface area contributed by atoms with Crippen LogP contribution in [0.4, 0.5) is 13.6 Å². The zero-order chi connectivity index (χ0) is 32.0. The van der Waals surface area contributed by atoms with E-state index in [1.807, 2.05) is 22.2 Å². The number of imidazole rings is 1. The average molecular weight is 622 g/mol. The van der Waals surface area contributed by atoms with Crippen LogP contribution in [0.5, 0.6) is 5.75 Å². The van der Waals surface area contributed by atoms with Gasteiger partial charge in [-0.1, -0.05) is 5.16 Å². The van der Waals surface area contributed by atoms with Crippen molar-refractivity contribution in [3.63, 3.8) is 0 Å². The van der Waals surface area contributed by atoms with Gasteiger partial charge in [0.25, 0.3) is 5.91 Å². The third kappa shape index (κ3) is 5.79. The Bertz CT molecular complexity index is 1910. The number of amides is 2. The van der Waals surface area contributed by atoms with Gasteiger partial charge in [0.2, 0.25) is 0 Å². The van der Waals surface area contributed by atoms with Gasteiger partial charge in [0, 0.05) is 44.1 Å². The lowest BCUT2D eigenvalue weighted by atomic mass is 10.0. The Morgan fingerprint density at radius 1 is 1.20 bits per heavy atom. The van der Waals surface area contributed by atoms with Crippen molar-refractivity contribution in [2.75, 3.05) is 26.9 Å². The molecule has 0 saturated carbocycles. The highest BCUT2D eigenvalue weighted by molar-refractivity contribution is 5.99. The molecule has 0 spiro atoms. The van der Waals surface area contributed by atoms with E-state index < -0.39 is 30.2 Å². The number of aryl methyl sites for hydroxylation is 1. The number of rotatable bonds is 8. The number of carbonyl (C=O) groups is 2. The van der Waals surface area contributed by atoms with Crippen molar-refractivity contribution in [2.24, 2.45) is 7.05 Å². The maximum absolute atomic E-state index is 14.5. The van der Waals surface area contributed by atoms with E-state index in [4.69, 9.17) is 24.0 Å². The number of aromatic nitrogens is 5. The molecular weight excluding hydrogens is 588 g/mol. The minimum atomic E-state index is -0.934. The molecule has 6 rings (SSSR count). The van der Waals surface area contributed by atoms with E-state index in [0.29, 0.717) is 69.3 Å². The molecule has 0 unspecified atom stereocenters. The lowest BCUT2D eigenvalue weighted by Crippen LogP contribution is -2.50. The normalized spacial score (nSPS) is 14.2. The van der Waals surface area contributed by atoms with Gasteiger partial charge in [-0.15, -0.1) is 0 Å². The number of alkyl carbamates (subject to hydrolysis) is 1. The second-order valence-corrected chi connectivity index (χ2v) is 12.0. The smallest absolute Gasteiger partial charge is 0.408 e. The zero-order valence-electron chi connectivity index (χ0n) is 25.6. The molecule has 5 heterocycles. The van der Waals surface area contributed by atoms with E-state index in [1.165, 1.54) is 24.1 Å². The monoisotopic (exact) mass is 621 g/mol. The highest BCUT2D eigenvalue weighted by atomic mass is 19.1. The van der Waals surface area contributed by atoms with Gasteiger partial charge in [0.05, 0.1) is 48.4 Å². The number of halogens is 2. The highest BCUT2D eigenvalue weighted by Gasteiger charge is 2.31. The number of nitrogens with one attached hydrogen (secondary N) is 1. The van der Waals surface area contributed by atoms with E-state index in [0.717, 1.165) is 0 Å². The Hall–Kier alpha value is -5.01. The van der Waals surface area contributed by atoms with E-state index >= 15 is 0 Å². The van der Waals surface area contributed by atoms with Gasteiger partial charge in [-0.3, -0.25) is 4.79 Å². The Balaban J connectivity index is 1.35. The summed E-state index contributed by atoms with van der Waals surface area (Å²) in [5.41, 5.74) is 2.56. The Kier molecular flexibility index (Phi) is 7.67. The maximum Gasteiger partial charge on any atom is 0.408 e. The van der Waals surface area contributed by atoms with Crippen molar-refractivity contribution in [3.8, 4) is 17.3 Å². The van der Waals surface area contributed by atoms with Gasteiger partial charge in [0.15, 0.2) is 17.2 Å². The lowest BCUT2D eigenvalue weighted by molar-refractivity contribution is 0.0465. The largest absolute Gasteiger partial charge is 0.494 e. The number of benzene rings is 1. The van der Waals surface area contributed by atoms with Gasteiger partial charge in [0.1, 0.15) is 29.4 Å². The number of nitrogens with zero attached hydrogens (tertiary/aromatic N) is 6. The summed E-state index contributed by atoms with van der Waals surface area (Å²) in [6.07, 6.45) is 1.23. The molecule has 45 heavy (non-hydrogen) atoms. The van der Waals surface area contributed by atoms with Crippen LogP contribution in [0.2, 0.25) is 0 Å². The molecule has 2 amide bonds. The summed E-state index contributed by atoms with van der Waals surface area (Å²) < 4.78 is 48.2. The van der Waals surface area contributed by atoms with E-state index in [2.05, 4.69) is 10.5 Å². The Morgan fingerprint density at radius 2 is 2.00 bits per heavy atom. The van der Waals surface area contributed by atoms with Crippen molar-refractivity contribution < 1.29 is 32.4 Å². The van der Waals surface area contributed by atoms with Crippen molar-refractivity contribution in [1.82, 2.24) is 34.5 Å². The summed E-state index contributed by atoms with van der Waals surface area (Å²) in [4.78, 5) is 36.9. The fourth-order valence-electron chi connectivity index (χ4n) is 5.64. The van der Waals surface area contributed by atoms with E-state index in [-0.39, 0.29) is 19.0 Å². The number of carbonyl (C=O) groups excluding carboxylic acids is 2. The predicted octanol–water partition coefficient (Wildman–Crippen LogP) is 4.64. The molecule has 1 aliphatic heterocycles. The van der Waals surface area contributed by atoms with Crippen LogP contribution in [0.15, 0.2) is 41.1 Å². The minimum Gasteiger partial charge on any atom is -0.494 e. The van der Waals surface area contributed by atoms with E-state index in [1.54, 1.807) is 39.1 Å². The molecule has 1 aromatic carbocycles. The topological polar surface area (TPSA) is 130 Å². The molecular formula is C31H33F2N7O5. The molecule has 0 radical (unpaired) electrons. The fourth-order valence-corrected chi connectivity index (χ4v) is 5.64. The highest BCUT2D eigenvalue weighted by Crippen LogP contribution is 2.36. The molecule has 0 aliphatic carbocycles. The molecule has 4 aromatic heterocycles. The van der Waals surface area contributed by atoms with Gasteiger partial charge >= 0.3 is 6.09 Å². The fraction of sp³-hybridized carbons (Fsp3) is 0.387. The summed E-state index contributed by atoms with van der Waals surface area (Å²) in [6, 6.07) is 7.06. The van der Waals surface area contributed by atoms with E-state index in [9.17, 15) is 18.4 Å². The average Bonchev–Trinajstić information content (AvgIpc) is 3.70. The number of methoxy groups -OCH3 is 1. The molecule has 14 heteroatoms. The van der Waals surface area contributed by atoms with Crippen LogP contribution in [-0.4, -0.2) is 79.7 Å². The number of hydrogen-bond donors (Lipinski definition) is 1. The number of fused-ring (bicyclic) bond motifs is 3. The number of alkyl halides is 1. The second-order valence-electron chi connectivity index (χ2n) is 12.0. The zero-order valence-corrected chi connectivity index (χ0v) is 25.6. The first-order chi connectivity index (χ1) is 21.5. The van der Waals surface area contributed by atoms with Crippen molar-refractivity contribution in [2.45, 2.75) is 45.4 Å². The number of ether oxygens (including phenoxy) is 2. The number of hydrogen-bond acceptors (Lipinski definition) is 8.